The molecule has 1 aromatic heterocycles. The quantitative estimate of drug-likeness (QED) is 0.872. The number of hydrogen-bond acceptors (Lipinski definition) is 4. The number of benzene rings is 1. The van der Waals surface area contributed by atoms with E-state index in [0.29, 0.717) is 25.3 Å². The lowest BCUT2D eigenvalue weighted by atomic mass is 9.87. The summed E-state index contributed by atoms with van der Waals surface area (Å²) in [5.41, 5.74) is 8.20. The zero-order valence-electron chi connectivity index (χ0n) is 13.3. The van der Waals surface area contributed by atoms with Crippen molar-refractivity contribution in [2.45, 2.75) is 32.7 Å². The Bertz CT molecular complexity index is 625. The molecule has 22 heavy (non-hydrogen) atoms. The van der Waals surface area contributed by atoms with Crippen molar-refractivity contribution in [1.29, 1.82) is 0 Å². The molecule has 2 aromatic rings. The van der Waals surface area contributed by atoms with E-state index in [1.54, 1.807) is 10.9 Å². The minimum Gasteiger partial charge on any atom is -0.349 e. The zero-order chi connectivity index (χ0) is 16.2. The Labute approximate surface area is 130 Å². The molecule has 3 N–H and O–H groups in total. The van der Waals surface area contributed by atoms with Gasteiger partial charge in [0.2, 0.25) is 0 Å². The number of nitrogens with one attached hydrogen (secondary N) is 1. The van der Waals surface area contributed by atoms with Crippen molar-refractivity contribution in [2.75, 3.05) is 13.1 Å². The van der Waals surface area contributed by atoms with Gasteiger partial charge >= 0.3 is 0 Å². The maximum absolute atomic E-state index is 11.7. The maximum atomic E-state index is 11.7. The van der Waals surface area contributed by atoms with E-state index in [4.69, 9.17) is 5.73 Å². The van der Waals surface area contributed by atoms with Gasteiger partial charge < -0.3 is 11.1 Å². The molecule has 0 bridgehead atoms. The highest BCUT2D eigenvalue weighted by Crippen LogP contribution is 2.22. The van der Waals surface area contributed by atoms with Gasteiger partial charge in [-0.3, -0.25) is 4.79 Å². The number of aromatic nitrogens is 3. The van der Waals surface area contributed by atoms with Crippen molar-refractivity contribution in [3.63, 3.8) is 0 Å². The van der Waals surface area contributed by atoms with Crippen LogP contribution < -0.4 is 11.1 Å². The van der Waals surface area contributed by atoms with Crippen molar-refractivity contribution in [3.8, 4) is 0 Å². The minimum absolute atomic E-state index is 0.139. The topological polar surface area (TPSA) is 85.8 Å². The van der Waals surface area contributed by atoms with Crippen LogP contribution in [0.2, 0.25) is 0 Å². The van der Waals surface area contributed by atoms with Gasteiger partial charge in [0.25, 0.3) is 5.91 Å². The molecule has 6 heteroatoms. The van der Waals surface area contributed by atoms with Gasteiger partial charge in [-0.05, 0) is 16.5 Å². The smallest absolute Gasteiger partial charge is 0.273 e. The molecule has 0 unspecified atom stereocenters. The Morgan fingerprint density at radius 3 is 2.55 bits per heavy atom. The molecule has 1 amide bonds. The lowest BCUT2D eigenvalue weighted by molar-refractivity contribution is 0.0949. The lowest BCUT2D eigenvalue weighted by Crippen LogP contribution is -2.29. The van der Waals surface area contributed by atoms with Gasteiger partial charge in [-0.1, -0.05) is 50.3 Å². The standard InChI is InChI=1S/C16H23N5O/c1-16(2,3)13-6-4-12(5-7-13)10-21-11-14(19-20-21)15(22)18-9-8-17/h4-7,11H,8-10,17H2,1-3H3,(H,18,22). The van der Waals surface area contributed by atoms with Crippen molar-refractivity contribution < 1.29 is 4.79 Å². The van der Waals surface area contributed by atoms with E-state index in [0.717, 1.165) is 5.56 Å². The number of amides is 1. The molecule has 0 aliphatic carbocycles. The monoisotopic (exact) mass is 301 g/mol. The van der Waals surface area contributed by atoms with Crippen LogP contribution in [-0.2, 0) is 12.0 Å². The lowest BCUT2D eigenvalue weighted by Gasteiger charge is -2.19. The summed E-state index contributed by atoms with van der Waals surface area (Å²) in [5, 5.41) is 10.5. The second-order valence-electron chi connectivity index (χ2n) is 6.29. The third-order valence-corrected chi connectivity index (χ3v) is 3.37. The fraction of sp³-hybridized carbons (Fsp3) is 0.438. The number of nitrogens with zero attached hydrogens (tertiary/aromatic N) is 3. The summed E-state index contributed by atoms with van der Waals surface area (Å²) in [6.07, 6.45) is 1.64. The summed E-state index contributed by atoms with van der Waals surface area (Å²) in [6.45, 7) is 7.98. The molecule has 0 atom stereocenters. The van der Waals surface area contributed by atoms with E-state index in [1.807, 2.05) is 0 Å². The Kier molecular flexibility index (Phi) is 4.92. The summed E-state index contributed by atoms with van der Waals surface area (Å²) in [7, 11) is 0. The predicted octanol–water partition coefficient (Wildman–Crippen LogP) is 1.31. The highest BCUT2D eigenvalue weighted by Gasteiger charge is 2.13. The molecule has 1 heterocycles. The van der Waals surface area contributed by atoms with Crippen molar-refractivity contribution in [2.24, 2.45) is 5.73 Å². The van der Waals surface area contributed by atoms with Gasteiger partial charge in [-0.15, -0.1) is 5.10 Å². The molecule has 0 aliphatic rings. The molecule has 0 aliphatic heterocycles. The van der Waals surface area contributed by atoms with Crippen LogP contribution in [0.1, 0.15) is 42.4 Å². The van der Waals surface area contributed by atoms with Crippen LogP contribution in [0.25, 0.3) is 0 Å². The number of rotatable bonds is 5. The van der Waals surface area contributed by atoms with Crippen molar-refractivity contribution in [3.05, 3.63) is 47.3 Å². The van der Waals surface area contributed by atoms with Crippen LogP contribution in [0.15, 0.2) is 30.5 Å². The van der Waals surface area contributed by atoms with E-state index in [1.165, 1.54) is 5.56 Å². The number of carbonyl (C=O) groups is 1. The van der Waals surface area contributed by atoms with E-state index < -0.39 is 0 Å². The Hall–Kier alpha value is -2.21. The molecule has 0 saturated heterocycles. The fourth-order valence-electron chi connectivity index (χ4n) is 2.05. The molecule has 6 nitrogen and oxygen atoms in total. The van der Waals surface area contributed by atoms with Gasteiger partial charge in [0.15, 0.2) is 5.69 Å². The van der Waals surface area contributed by atoms with Gasteiger partial charge in [0.1, 0.15) is 0 Å². The molecular weight excluding hydrogens is 278 g/mol. The Balaban J connectivity index is 2.02. The first-order valence-electron chi connectivity index (χ1n) is 7.38. The molecule has 0 radical (unpaired) electrons. The van der Waals surface area contributed by atoms with Crippen LogP contribution in [-0.4, -0.2) is 34.0 Å². The van der Waals surface area contributed by atoms with E-state index in [9.17, 15) is 4.79 Å². The number of hydrogen-bond donors (Lipinski definition) is 2. The zero-order valence-corrected chi connectivity index (χ0v) is 13.3. The average Bonchev–Trinajstić information content (AvgIpc) is 2.93. The number of nitrogens with two attached hydrogens (primary N) is 1. The second-order valence-corrected chi connectivity index (χ2v) is 6.29. The van der Waals surface area contributed by atoms with Gasteiger partial charge in [0.05, 0.1) is 12.7 Å². The van der Waals surface area contributed by atoms with Crippen molar-refractivity contribution in [1.82, 2.24) is 20.3 Å². The first-order valence-corrected chi connectivity index (χ1v) is 7.38. The molecule has 1 aromatic carbocycles. The van der Waals surface area contributed by atoms with E-state index in [-0.39, 0.29) is 11.3 Å². The van der Waals surface area contributed by atoms with Crippen molar-refractivity contribution >= 4 is 5.91 Å². The third kappa shape index (κ3) is 4.14. The molecule has 0 saturated carbocycles. The molecule has 118 valence electrons. The van der Waals surface area contributed by atoms with Crippen LogP contribution in [0.5, 0.6) is 0 Å². The maximum Gasteiger partial charge on any atom is 0.273 e. The summed E-state index contributed by atoms with van der Waals surface area (Å²) in [5.74, 6) is -0.250. The van der Waals surface area contributed by atoms with E-state index in [2.05, 4.69) is 60.7 Å². The molecule has 2 rings (SSSR count). The second kappa shape index (κ2) is 6.70. The van der Waals surface area contributed by atoms with Crippen LogP contribution in [0.3, 0.4) is 0 Å². The fourth-order valence-corrected chi connectivity index (χ4v) is 2.05. The first kappa shape index (κ1) is 16.2. The van der Waals surface area contributed by atoms with Crippen LogP contribution in [0.4, 0.5) is 0 Å². The van der Waals surface area contributed by atoms with Gasteiger partial charge in [-0.25, -0.2) is 4.68 Å². The van der Waals surface area contributed by atoms with Crippen LogP contribution in [0, 0.1) is 0 Å². The summed E-state index contributed by atoms with van der Waals surface area (Å²) < 4.78 is 1.66. The summed E-state index contributed by atoms with van der Waals surface area (Å²) in [6, 6.07) is 8.41. The molecule has 0 spiro atoms. The predicted molar refractivity (Wildman–Crippen MR) is 85.7 cm³/mol. The largest absolute Gasteiger partial charge is 0.349 e. The Morgan fingerprint density at radius 1 is 1.27 bits per heavy atom. The molecule has 0 fully saturated rings. The van der Waals surface area contributed by atoms with Gasteiger partial charge in [-0.2, -0.15) is 0 Å². The molecular formula is C16H23N5O. The van der Waals surface area contributed by atoms with Gasteiger partial charge in [0, 0.05) is 13.1 Å². The Morgan fingerprint density at radius 2 is 1.95 bits per heavy atom. The SMILES string of the molecule is CC(C)(C)c1ccc(Cn2cc(C(=O)NCCN)nn2)cc1. The van der Waals surface area contributed by atoms with Crippen LogP contribution >= 0.6 is 0 Å². The van der Waals surface area contributed by atoms with E-state index >= 15 is 0 Å². The number of carbonyl (C=O) groups excluding carboxylic acids is 1. The third-order valence-electron chi connectivity index (χ3n) is 3.37. The average molecular weight is 301 g/mol. The summed E-state index contributed by atoms with van der Waals surface area (Å²) >= 11 is 0. The normalized spacial score (nSPS) is 11.5. The highest BCUT2D eigenvalue weighted by atomic mass is 16.2. The first-order chi connectivity index (χ1) is 10.4. The minimum atomic E-state index is -0.250. The highest BCUT2D eigenvalue weighted by molar-refractivity contribution is 5.91. The summed E-state index contributed by atoms with van der Waals surface area (Å²) in [4.78, 5) is 11.7.